The second-order valence-electron chi connectivity index (χ2n) is 7.89. The SMILES string of the molecule is COc1cccc(OC)c1C=CC1=NN(c2ccccc2)C(C=Cc2c(OC)cccc2OC)C1. The standard InChI is InChI=1S/C29H30N2O4/c1-32-26-12-8-13-27(33-2)24(26)18-16-21-20-23(31(30-21)22-10-6-5-7-11-22)17-19-25-28(34-3)14-9-15-29(25)35-4/h5-19,23H,20H2,1-4H3. The fourth-order valence-electron chi connectivity index (χ4n) is 4.11. The van der Waals surface area contributed by atoms with Crippen LogP contribution in [0.3, 0.4) is 0 Å². The second-order valence-corrected chi connectivity index (χ2v) is 7.89. The van der Waals surface area contributed by atoms with Gasteiger partial charge < -0.3 is 18.9 Å². The fraction of sp³-hybridized carbons (Fsp3) is 0.207. The van der Waals surface area contributed by atoms with Crippen LogP contribution >= 0.6 is 0 Å². The Balaban J connectivity index is 1.66. The molecule has 0 fully saturated rings. The van der Waals surface area contributed by atoms with E-state index in [1.807, 2.05) is 77.8 Å². The van der Waals surface area contributed by atoms with Gasteiger partial charge in [-0.3, -0.25) is 5.01 Å². The van der Waals surface area contributed by atoms with E-state index in [0.29, 0.717) is 0 Å². The first-order chi connectivity index (χ1) is 17.2. The zero-order valence-corrected chi connectivity index (χ0v) is 20.5. The van der Waals surface area contributed by atoms with Crippen LogP contribution in [0.4, 0.5) is 5.69 Å². The minimum atomic E-state index is 0.0197. The summed E-state index contributed by atoms with van der Waals surface area (Å²) in [6.45, 7) is 0. The second kappa shape index (κ2) is 11.3. The number of nitrogens with zero attached hydrogens (tertiary/aromatic N) is 2. The van der Waals surface area contributed by atoms with Gasteiger partial charge in [-0.05, 0) is 54.6 Å². The Hall–Kier alpha value is -4.19. The quantitative estimate of drug-likeness (QED) is 0.379. The Bertz CT molecular complexity index is 1190. The highest BCUT2D eigenvalue weighted by Crippen LogP contribution is 2.33. The number of benzene rings is 3. The summed E-state index contributed by atoms with van der Waals surface area (Å²) in [4.78, 5) is 0. The number of hydrogen-bond donors (Lipinski definition) is 0. The van der Waals surface area contributed by atoms with Gasteiger partial charge in [0.25, 0.3) is 0 Å². The lowest BCUT2D eigenvalue weighted by Gasteiger charge is -2.21. The smallest absolute Gasteiger partial charge is 0.129 e. The third-order valence-electron chi connectivity index (χ3n) is 5.85. The molecule has 3 aromatic carbocycles. The summed E-state index contributed by atoms with van der Waals surface area (Å²) in [5, 5.41) is 6.97. The first-order valence-corrected chi connectivity index (χ1v) is 11.4. The molecule has 180 valence electrons. The summed E-state index contributed by atoms with van der Waals surface area (Å²) in [5.74, 6) is 3.01. The molecular weight excluding hydrogens is 440 g/mol. The van der Waals surface area contributed by atoms with E-state index in [9.17, 15) is 0 Å². The molecule has 0 saturated heterocycles. The summed E-state index contributed by atoms with van der Waals surface area (Å²) in [5.41, 5.74) is 3.74. The molecule has 0 radical (unpaired) electrons. The van der Waals surface area contributed by atoms with Crippen LogP contribution in [-0.2, 0) is 0 Å². The Labute approximate surface area is 206 Å². The predicted molar refractivity (Wildman–Crippen MR) is 142 cm³/mol. The van der Waals surface area contributed by atoms with Crippen molar-refractivity contribution in [1.82, 2.24) is 0 Å². The summed E-state index contributed by atoms with van der Waals surface area (Å²) < 4.78 is 22.2. The number of anilines is 1. The van der Waals surface area contributed by atoms with Gasteiger partial charge >= 0.3 is 0 Å². The molecule has 0 amide bonds. The number of ether oxygens (including phenoxy) is 4. The highest BCUT2D eigenvalue weighted by atomic mass is 16.5. The van der Waals surface area contributed by atoms with Crippen molar-refractivity contribution in [3.8, 4) is 23.0 Å². The highest BCUT2D eigenvalue weighted by Gasteiger charge is 2.25. The summed E-state index contributed by atoms with van der Waals surface area (Å²) in [6.07, 6.45) is 8.94. The zero-order valence-electron chi connectivity index (χ0n) is 20.5. The molecule has 0 N–H and O–H groups in total. The summed E-state index contributed by atoms with van der Waals surface area (Å²) in [6, 6.07) is 21.7. The molecule has 1 unspecified atom stereocenters. The third kappa shape index (κ3) is 5.32. The van der Waals surface area contributed by atoms with Gasteiger partial charge in [0.05, 0.1) is 57.0 Å². The summed E-state index contributed by atoms with van der Waals surface area (Å²) >= 11 is 0. The average molecular weight is 471 g/mol. The number of hydrogen-bond acceptors (Lipinski definition) is 6. The van der Waals surface area contributed by atoms with Gasteiger partial charge in [-0.25, -0.2) is 0 Å². The molecule has 0 aromatic heterocycles. The van der Waals surface area contributed by atoms with Crippen molar-refractivity contribution in [3.63, 3.8) is 0 Å². The molecule has 6 nitrogen and oxygen atoms in total. The number of hydrazone groups is 1. The van der Waals surface area contributed by atoms with E-state index in [2.05, 4.69) is 18.2 Å². The normalized spacial score (nSPS) is 15.5. The highest BCUT2D eigenvalue weighted by molar-refractivity contribution is 6.01. The molecule has 0 spiro atoms. The van der Waals surface area contributed by atoms with E-state index in [4.69, 9.17) is 24.0 Å². The molecule has 4 rings (SSSR count). The molecule has 0 saturated carbocycles. The Morgan fingerprint density at radius 2 is 1.17 bits per heavy atom. The molecule has 1 atom stereocenters. The average Bonchev–Trinajstić information content (AvgIpc) is 3.33. The monoisotopic (exact) mass is 470 g/mol. The van der Waals surface area contributed by atoms with Gasteiger partial charge in [-0.2, -0.15) is 5.10 Å². The van der Waals surface area contributed by atoms with Gasteiger partial charge in [0.1, 0.15) is 23.0 Å². The van der Waals surface area contributed by atoms with Crippen LogP contribution in [0.25, 0.3) is 12.2 Å². The molecule has 3 aromatic rings. The maximum atomic E-state index is 5.56. The summed E-state index contributed by atoms with van der Waals surface area (Å²) in [7, 11) is 6.64. The van der Waals surface area contributed by atoms with E-state index in [0.717, 1.165) is 51.9 Å². The zero-order chi connectivity index (χ0) is 24.6. The maximum Gasteiger partial charge on any atom is 0.129 e. The number of rotatable bonds is 9. The topological polar surface area (TPSA) is 52.5 Å². The van der Waals surface area contributed by atoms with Crippen molar-refractivity contribution in [3.05, 3.63) is 90.0 Å². The number of allylic oxidation sites excluding steroid dienone is 1. The lowest BCUT2D eigenvalue weighted by molar-refractivity contribution is 0.392. The molecule has 6 heteroatoms. The van der Waals surface area contributed by atoms with Gasteiger partial charge in [0, 0.05) is 6.42 Å². The van der Waals surface area contributed by atoms with Crippen molar-refractivity contribution < 1.29 is 18.9 Å². The molecule has 0 bridgehead atoms. The Morgan fingerprint density at radius 1 is 0.657 bits per heavy atom. The molecule has 35 heavy (non-hydrogen) atoms. The minimum absolute atomic E-state index is 0.0197. The van der Waals surface area contributed by atoms with Crippen LogP contribution in [0.2, 0.25) is 0 Å². The molecule has 1 aliphatic rings. The van der Waals surface area contributed by atoms with Crippen LogP contribution in [0, 0.1) is 0 Å². The van der Waals surface area contributed by atoms with Gasteiger partial charge in [-0.15, -0.1) is 0 Å². The molecular formula is C29H30N2O4. The lowest BCUT2D eigenvalue weighted by Crippen LogP contribution is -2.23. The van der Waals surface area contributed by atoms with Crippen molar-refractivity contribution in [2.24, 2.45) is 5.10 Å². The van der Waals surface area contributed by atoms with E-state index in [1.165, 1.54) is 0 Å². The van der Waals surface area contributed by atoms with Crippen LogP contribution < -0.4 is 24.0 Å². The van der Waals surface area contributed by atoms with Crippen molar-refractivity contribution in [2.75, 3.05) is 33.4 Å². The minimum Gasteiger partial charge on any atom is -0.496 e. The first-order valence-electron chi connectivity index (χ1n) is 11.4. The maximum absolute atomic E-state index is 5.56. The Kier molecular flexibility index (Phi) is 7.73. The van der Waals surface area contributed by atoms with Gasteiger partial charge in [0.15, 0.2) is 0 Å². The van der Waals surface area contributed by atoms with E-state index in [1.54, 1.807) is 28.4 Å². The first kappa shape index (κ1) is 24.0. The van der Waals surface area contributed by atoms with E-state index >= 15 is 0 Å². The van der Waals surface area contributed by atoms with E-state index < -0.39 is 0 Å². The number of para-hydroxylation sites is 1. The molecule has 1 heterocycles. The Morgan fingerprint density at radius 3 is 1.69 bits per heavy atom. The largest absolute Gasteiger partial charge is 0.496 e. The fourth-order valence-corrected chi connectivity index (χ4v) is 4.11. The molecule has 0 aliphatic carbocycles. The van der Waals surface area contributed by atoms with Crippen molar-refractivity contribution in [1.29, 1.82) is 0 Å². The van der Waals surface area contributed by atoms with Crippen LogP contribution in [-0.4, -0.2) is 40.2 Å². The van der Waals surface area contributed by atoms with E-state index in [-0.39, 0.29) is 6.04 Å². The van der Waals surface area contributed by atoms with Crippen molar-refractivity contribution in [2.45, 2.75) is 12.5 Å². The predicted octanol–water partition coefficient (Wildman–Crippen LogP) is 6.08. The van der Waals surface area contributed by atoms with Gasteiger partial charge in [0.2, 0.25) is 0 Å². The van der Waals surface area contributed by atoms with Gasteiger partial charge in [-0.1, -0.05) is 36.4 Å². The lowest BCUT2D eigenvalue weighted by atomic mass is 10.1. The third-order valence-corrected chi connectivity index (χ3v) is 5.85. The van der Waals surface area contributed by atoms with Crippen LogP contribution in [0.5, 0.6) is 23.0 Å². The van der Waals surface area contributed by atoms with Crippen molar-refractivity contribution >= 4 is 23.6 Å². The van der Waals surface area contributed by atoms with Crippen LogP contribution in [0.15, 0.2) is 84.0 Å². The van der Waals surface area contributed by atoms with Crippen LogP contribution in [0.1, 0.15) is 17.5 Å². The number of methoxy groups -OCH3 is 4. The molecule has 1 aliphatic heterocycles.